The molecule has 1 saturated heterocycles. The molecule has 0 bridgehead atoms. The Kier molecular flexibility index (Phi) is 4.76. The van der Waals surface area contributed by atoms with Gasteiger partial charge in [0.1, 0.15) is 5.82 Å². The molecule has 2 aromatic heterocycles. The number of benzene rings is 2. The maximum Gasteiger partial charge on any atom is 0.274 e. The first kappa shape index (κ1) is 21.3. The fourth-order valence-corrected chi connectivity index (χ4v) is 5.72. The molecule has 3 N–H and O–H groups in total. The molecule has 3 aliphatic rings. The largest absolute Gasteiger partial charge is 0.338 e. The lowest BCUT2D eigenvalue weighted by Crippen LogP contribution is -2.43. The van der Waals surface area contributed by atoms with Crippen LogP contribution in [0.3, 0.4) is 0 Å². The van der Waals surface area contributed by atoms with Crippen LogP contribution in [0.2, 0.25) is 0 Å². The molecule has 2 aliphatic heterocycles. The van der Waals surface area contributed by atoms with Crippen molar-refractivity contribution in [3.8, 4) is 28.3 Å². The quantitative estimate of drug-likeness (QED) is 0.372. The molecule has 2 fully saturated rings. The Hall–Kier alpha value is -3.97. The highest BCUT2D eigenvalue weighted by molar-refractivity contribution is 6.01. The Bertz CT molecular complexity index is 1480. The molecule has 7 nitrogen and oxygen atoms in total. The number of rotatable bonds is 3. The van der Waals surface area contributed by atoms with Crippen molar-refractivity contribution in [2.45, 2.75) is 37.6 Å². The smallest absolute Gasteiger partial charge is 0.274 e. The molecule has 4 heterocycles. The minimum Gasteiger partial charge on any atom is -0.338 e. The topological polar surface area (TPSA) is 89.1 Å². The minimum atomic E-state index is -0.236. The average molecular weight is 477 g/mol. The van der Waals surface area contributed by atoms with Crippen molar-refractivity contribution in [3.05, 3.63) is 78.1 Å². The number of carbonyl (C=O) groups is 1. The van der Waals surface area contributed by atoms with Gasteiger partial charge in [0.05, 0.1) is 17.1 Å². The average Bonchev–Trinajstić information content (AvgIpc) is 3.54. The van der Waals surface area contributed by atoms with Crippen LogP contribution < -0.4 is 11.1 Å². The lowest BCUT2D eigenvalue weighted by molar-refractivity contribution is 0.0788. The lowest BCUT2D eigenvalue weighted by Gasteiger charge is -2.38. The number of nitrogens with two attached hydrogens (primary N) is 1. The first-order valence-corrected chi connectivity index (χ1v) is 12.8. The molecule has 0 radical (unpaired) electrons. The molecule has 7 heteroatoms. The van der Waals surface area contributed by atoms with Crippen LogP contribution in [-0.2, 0) is 5.54 Å². The van der Waals surface area contributed by atoms with Gasteiger partial charge < -0.3 is 16.0 Å². The van der Waals surface area contributed by atoms with E-state index in [1.54, 1.807) is 6.20 Å². The molecule has 1 saturated carbocycles. The maximum absolute atomic E-state index is 13.8. The van der Waals surface area contributed by atoms with Gasteiger partial charge in [0.2, 0.25) is 0 Å². The van der Waals surface area contributed by atoms with Gasteiger partial charge in [0, 0.05) is 36.0 Å². The van der Waals surface area contributed by atoms with Gasteiger partial charge in [-0.2, -0.15) is 0 Å². The van der Waals surface area contributed by atoms with E-state index in [2.05, 4.69) is 39.1 Å². The zero-order valence-electron chi connectivity index (χ0n) is 20.1. The SMILES string of the molecule is NC1(c2ccc(-c3c(C(=O)N4CCCC4)nc4n3-c3cccnc3Nc3ccccc3-4)cc2)CCC1. The molecule has 1 amide bonds. The number of pyridine rings is 1. The number of carbonyl (C=O) groups excluding carboxylic acids is 1. The van der Waals surface area contributed by atoms with Crippen molar-refractivity contribution in [1.82, 2.24) is 19.4 Å². The number of anilines is 2. The molecular weight excluding hydrogens is 448 g/mol. The third kappa shape index (κ3) is 3.19. The highest BCUT2D eigenvalue weighted by Gasteiger charge is 2.35. The number of imidazole rings is 1. The molecule has 1 aliphatic carbocycles. The molecule has 7 rings (SSSR count). The Morgan fingerprint density at radius 1 is 0.944 bits per heavy atom. The van der Waals surface area contributed by atoms with E-state index in [0.29, 0.717) is 5.69 Å². The van der Waals surface area contributed by atoms with Crippen LogP contribution in [0, 0.1) is 0 Å². The predicted molar refractivity (Wildman–Crippen MR) is 140 cm³/mol. The van der Waals surface area contributed by atoms with E-state index in [1.807, 2.05) is 41.3 Å². The van der Waals surface area contributed by atoms with Crippen LogP contribution in [0.25, 0.3) is 28.3 Å². The summed E-state index contributed by atoms with van der Waals surface area (Å²) in [5.41, 5.74) is 12.5. The molecule has 4 aromatic rings. The second-order valence-corrected chi connectivity index (χ2v) is 10.1. The fourth-order valence-electron chi connectivity index (χ4n) is 5.72. The molecule has 0 spiro atoms. The van der Waals surface area contributed by atoms with E-state index in [4.69, 9.17) is 10.7 Å². The minimum absolute atomic E-state index is 0.0164. The van der Waals surface area contributed by atoms with Gasteiger partial charge in [0.15, 0.2) is 11.5 Å². The third-order valence-electron chi connectivity index (χ3n) is 7.90. The summed E-state index contributed by atoms with van der Waals surface area (Å²) in [6.45, 7) is 1.54. The molecule has 2 aromatic carbocycles. The number of likely N-dealkylation sites (tertiary alicyclic amines) is 1. The van der Waals surface area contributed by atoms with Crippen LogP contribution in [-0.4, -0.2) is 38.4 Å². The maximum atomic E-state index is 13.8. The summed E-state index contributed by atoms with van der Waals surface area (Å²) >= 11 is 0. The third-order valence-corrected chi connectivity index (χ3v) is 7.90. The summed E-state index contributed by atoms with van der Waals surface area (Å²) < 4.78 is 2.10. The van der Waals surface area contributed by atoms with Gasteiger partial charge in [-0.3, -0.25) is 9.36 Å². The Labute approximate surface area is 210 Å². The van der Waals surface area contributed by atoms with Crippen molar-refractivity contribution in [2.75, 3.05) is 18.4 Å². The van der Waals surface area contributed by atoms with E-state index in [1.165, 1.54) is 6.42 Å². The highest BCUT2D eigenvalue weighted by Crippen LogP contribution is 2.43. The predicted octanol–water partition coefficient (Wildman–Crippen LogP) is 5.23. The van der Waals surface area contributed by atoms with Crippen molar-refractivity contribution < 1.29 is 4.79 Å². The summed E-state index contributed by atoms with van der Waals surface area (Å²) in [7, 11) is 0. The van der Waals surface area contributed by atoms with Crippen LogP contribution in [0.5, 0.6) is 0 Å². The van der Waals surface area contributed by atoms with Crippen molar-refractivity contribution in [3.63, 3.8) is 0 Å². The fraction of sp³-hybridized carbons (Fsp3) is 0.276. The number of nitrogens with one attached hydrogen (secondary N) is 1. The van der Waals surface area contributed by atoms with Gasteiger partial charge >= 0.3 is 0 Å². The summed E-state index contributed by atoms with van der Waals surface area (Å²) in [5, 5.41) is 3.48. The van der Waals surface area contributed by atoms with E-state index in [9.17, 15) is 4.79 Å². The number of fused-ring (bicyclic) bond motifs is 5. The van der Waals surface area contributed by atoms with E-state index >= 15 is 0 Å². The van der Waals surface area contributed by atoms with Gasteiger partial charge in [-0.25, -0.2) is 9.97 Å². The van der Waals surface area contributed by atoms with Gasteiger partial charge in [0.25, 0.3) is 5.91 Å². The number of nitrogens with zero attached hydrogens (tertiary/aromatic N) is 4. The molecule has 0 unspecified atom stereocenters. The summed E-state index contributed by atoms with van der Waals surface area (Å²) in [6.07, 6.45) is 7.02. The molecule has 36 heavy (non-hydrogen) atoms. The van der Waals surface area contributed by atoms with Gasteiger partial charge in [-0.05, 0) is 61.9 Å². The summed E-state index contributed by atoms with van der Waals surface area (Å²) in [5.74, 6) is 1.45. The first-order valence-electron chi connectivity index (χ1n) is 12.8. The molecular formula is C29H28N6O. The number of hydrogen-bond donors (Lipinski definition) is 2. The molecule has 0 atom stereocenters. The normalized spacial score (nSPS) is 17.3. The van der Waals surface area contributed by atoms with E-state index < -0.39 is 0 Å². The second-order valence-electron chi connectivity index (χ2n) is 10.1. The van der Waals surface area contributed by atoms with Crippen molar-refractivity contribution in [2.24, 2.45) is 5.73 Å². The first-order chi connectivity index (χ1) is 17.6. The summed E-state index contributed by atoms with van der Waals surface area (Å²) in [4.78, 5) is 25.5. The Morgan fingerprint density at radius 3 is 2.47 bits per heavy atom. The highest BCUT2D eigenvalue weighted by atomic mass is 16.2. The van der Waals surface area contributed by atoms with Crippen molar-refractivity contribution in [1.29, 1.82) is 0 Å². The Morgan fingerprint density at radius 2 is 1.72 bits per heavy atom. The zero-order valence-corrected chi connectivity index (χ0v) is 20.1. The number of hydrogen-bond acceptors (Lipinski definition) is 5. The molecule has 180 valence electrons. The van der Waals surface area contributed by atoms with Gasteiger partial charge in [-0.15, -0.1) is 0 Å². The van der Waals surface area contributed by atoms with Crippen LogP contribution in [0.4, 0.5) is 11.5 Å². The number of amides is 1. The summed E-state index contributed by atoms with van der Waals surface area (Å²) in [6, 6.07) is 20.4. The van der Waals surface area contributed by atoms with E-state index in [0.717, 1.165) is 84.2 Å². The number of aromatic nitrogens is 3. The zero-order chi connectivity index (χ0) is 24.3. The standard InChI is InChI=1S/C29H28N6O/c30-29(14-6-15-29)20-12-10-19(11-13-20)25-24(28(36)34-17-3-4-18-34)33-27-21-7-1-2-8-22(21)32-26-23(35(25)27)9-5-16-31-26/h1-2,5,7-13,16H,3-4,6,14-15,17-18,30H2,(H,31,32). The Balaban J connectivity index is 1.49. The van der Waals surface area contributed by atoms with Crippen molar-refractivity contribution >= 4 is 17.4 Å². The number of para-hydroxylation sites is 1. The lowest BCUT2D eigenvalue weighted by atomic mass is 9.72. The van der Waals surface area contributed by atoms with Crippen LogP contribution in [0.1, 0.15) is 48.2 Å². The van der Waals surface area contributed by atoms with Crippen LogP contribution >= 0.6 is 0 Å². The van der Waals surface area contributed by atoms with Crippen LogP contribution in [0.15, 0.2) is 66.9 Å². The van der Waals surface area contributed by atoms with E-state index in [-0.39, 0.29) is 11.4 Å². The monoisotopic (exact) mass is 476 g/mol. The second kappa shape index (κ2) is 8.03. The van der Waals surface area contributed by atoms with Gasteiger partial charge in [-0.1, -0.05) is 36.4 Å².